The Labute approximate surface area is 161 Å². The van der Waals surface area contributed by atoms with E-state index in [4.69, 9.17) is 0 Å². The minimum atomic E-state index is 0.240. The average molecular weight is 367 g/mol. The lowest BCUT2D eigenvalue weighted by Gasteiger charge is -2.48. The molecule has 2 fully saturated rings. The number of aryl methyl sites for hydroxylation is 1. The molecule has 4 rings (SSSR count). The van der Waals surface area contributed by atoms with Crippen molar-refractivity contribution in [3.63, 3.8) is 0 Å². The van der Waals surface area contributed by atoms with Crippen LogP contribution in [0, 0.1) is 12.3 Å². The van der Waals surface area contributed by atoms with Gasteiger partial charge in [-0.3, -0.25) is 14.7 Å². The molecule has 2 aromatic heterocycles. The van der Waals surface area contributed by atoms with Crippen molar-refractivity contribution in [2.75, 3.05) is 26.2 Å². The van der Waals surface area contributed by atoms with Gasteiger partial charge in [-0.2, -0.15) is 0 Å². The van der Waals surface area contributed by atoms with Crippen LogP contribution in [-0.2, 0) is 17.8 Å². The Morgan fingerprint density at radius 3 is 3.00 bits per heavy atom. The molecule has 0 aliphatic carbocycles. The second-order valence-corrected chi connectivity index (χ2v) is 8.23. The van der Waals surface area contributed by atoms with E-state index in [1.54, 1.807) is 6.33 Å². The van der Waals surface area contributed by atoms with Crippen molar-refractivity contribution in [3.05, 3.63) is 47.8 Å². The average Bonchev–Trinajstić information content (AvgIpc) is 3.17. The highest BCUT2D eigenvalue weighted by molar-refractivity contribution is 5.77. The van der Waals surface area contributed by atoms with E-state index >= 15 is 0 Å². The van der Waals surface area contributed by atoms with Crippen LogP contribution < -0.4 is 0 Å². The van der Waals surface area contributed by atoms with E-state index in [9.17, 15) is 4.79 Å². The monoisotopic (exact) mass is 367 g/mol. The first kappa shape index (κ1) is 18.2. The molecule has 0 saturated carbocycles. The lowest BCUT2D eigenvalue weighted by atomic mass is 9.73. The first-order valence-corrected chi connectivity index (χ1v) is 10.0. The summed E-state index contributed by atoms with van der Waals surface area (Å²) in [6.45, 7) is 6.81. The maximum absolute atomic E-state index is 12.5. The Morgan fingerprint density at radius 2 is 2.19 bits per heavy atom. The number of hydrogen-bond acceptors (Lipinski definition) is 4. The first-order chi connectivity index (χ1) is 13.1. The van der Waals surface area contributed by atoms with E-state index in [1.807, 2.05) is 19.2 Å². The number of carbonyl (C=O) groups excluding carboxylic acids is 1. The van der Waals surface area contributed by atoms with Crippen LogP contribution in [0.4, 0.5) is 0 Å². The SMILES string of the molecule is Cc1cccc(CN2CCC[C@]3(CCC(=O)N(CCc4cnc[nH]4)C3)C2)n1. The van der Waals surface area contributed by atoms with Gasteiger partial charge >= 0.3 is 0 Å². The van der Waals surface area contributed by atoms with Gasteiger partial charge in [0.25, 0.3) is 0 Å². The molecule has 144 valence electrons. The van der Waals surface area contributed by atoms with E-state index in [0.29, 0.717) is 12.3 Å². The predicted molar refractivity (Wildman–Crippen MR) is 104 cm³/mol. The highest BCUT2D eigenvalue weighted by Crippen LogP contribution is 2.39. The summed E-state index contributed by atoms with van der Waals surface area (Å²) in [6, 6.07) is 6.26. The third kappa shape index (κ3) is 4.38. The Balaban J connectivity index is 1.39. The zero-order valence-electron chi connectivity index (χ0n) is 16.2. The molecule has 0 aromatic carbocycles. The van der Waals surface area contributed by atoms with Crippen molar-refractivity contribution in [3.8, 4) is 0 Å². The van der Waals surface area contributed by atoms with Gasteiger partial charge < -0.3 is 9.88 Å². The van der Waals surface area contributed by atoms with Crippen molar-refractivity contribution < 1.29 is 4.79 Å². The molecule has 1 N–H and O–H groups in total. The fraction of sp³-hybridized carbons (Fsp3) is 0.571. The maximum atomic E-state index is 12.5. The van der Waals surface area contributed by atoms with E-state index in [1.165, 1.54) is 12.8 Å². The molecule has 2 aromatic rings. The van der Waals surface area contributed by atoms with Crippen LogP contribution in [0.5, 0.6) is 0 Å². The lowest BCUT2D eigenvalue weighted by molar-refractivity contribution is -0.139. The fourth-order valence-corrected chi connectivity index (χ4v) is 4.68. The molecule has 0 radical (unpaired) electrons. The van der Waals surface area contributed by atoms with Gasteiger partial charge in [-0.25, -0.2) is 4.98 Å². The van der Waals surface area contributed by atoms with Crippen LogP contribution in [-0.4, -0.2) is 56.8 Å². The molecule has 0 bridgehead atoms. The molecule has 2 saturated heterocycles. The van der Waals surface area contributed by atoms with Gasteiger partial charge in [0.05, 0.1) is 12.0 Å². The number of aromatic nitrogens is 3. The van der Waals surface area contributed by atoms with Gasteiger partial charge in [0, 0.05) is 62.0 Å². The molecule has 1 amide bonds. The van der Waals surface area contributed by atoms with Gasteiger partial charge in [0.1, 0.15) is 0 Å². The Bertz CT molecular complexity index is 775. The zero-order valence-corrected chi connectivity index (χ0v) is 16.2. The van der Waals surface area contributed by atoms with Gasteiger partial charge in [0.15, 0.2) is 0 Å². The molecule has 6 nitrogen and oxygen atoms in total. The van der Waals surface area contributed by atoms with Gasteiger partial charge in [0.2, 0.25) is 5.91 Å². The summed E-state index contributed by atoms with van der Waals surface area (Å²) < 4.78 is 0. The van der Waals surface area contributed by atoms with Crippen molar-refractivity contribution in [1.82, 2.24) is 24.8 Å². The van der Waals surface area contributed by atoms with Crippen LogP contribution >= 0.6 is 0 Å². The molecular formula is C21H29N5O. The molecule has 27 heavy (non-hydrogen) atoms. The number of hydrogen-bond donors (Lipinski definition) is 1. The van der Waals surface area contributed by atoms with E-state index in [0.717, 1.165) is 62.6 Å². The topological polar surface area (TPSA) is 65.1 Å². The normalized spacial score (nSPS) is 23.9. The second-order valence-electron chi connectivity index (χ2n) is 8.23. The van der Waals surface area contributed by atoms with E-state index in [2.05, 4.69) is 36.9 Å². The fourth-order valence-electron chi connectivity index (χ4n) is 4.68. The summed E-state index contributed by atoms with van der Waals surface area (Å²) in [5, 5.41) is 0. The highest BCUT2D eigenvalue weighted by atomic mass is 16.2. The van der Waals surface area contributed by atoms with Gasteiger partial charge in [-0.05, 0) is 44.9 Å². The summed E-state index contributed by atoms with van der Waals surface area (Å²) in [5.74, 6) is 0.303. The summed E-state index contributed by atoms with van der Waals surface area (Å²) >= 11 is 0. The van der Waals surface area contributed by atoms with Crippen molar-refractivity contribution in [1.29, 1.82) is 0 Å². The van der Waals surface area contributed by atoms with Crippen LogP contribution in [0.1, 0.15) is 42.8 Å². The Morgan fingerprint density at radius 1 is 1.26 bits per heavy atom. The Kier molecular flexibility index (Phi) is 5.25. The summed E-state index contributed by atoms with van der Waals surface area (Å²) in [5.41, 5.74) is 3.56. The summed E-state index contributed by atoms with van der Waals surface area (Å²) in [7, 11) is 0. The largest absolute Gasteiger partial charge is 0.348 e. The number of nitrogens with one attached hydrogen (secondary N) is 1. The number of carbonyl (C=O) groups is 1. The van der Waals surface area contributed by atoms with Crippen molar-refractivity contribution >= 4 is 5.91 Å². The number of rotatable bonds is 5. The van der Waals surface area contributed by atoms with Crippen molar-refractivity contribution in [2.45, 2.75) is 45.6 Å². The van der Waals surface area contributed by atoms with Crippen LogP contribution in [0.2, 0.25) is 0 Å². The first-order valence-electron chi connectivity index (χ1n) is 10.0. The number of nitrogens with zero attached hydrogens (tertiary/aromatic N) is 4. The number of imidazole rings is 1. The van der Waals surface area contributed by atoms with Gasteiger partial charge in [-0.15, -0.1) is 0 Å². The molecule has 1 atom stereocenters. The maximum Gasteiger partial charge on any atom is 0.222 e. The molecule has 2 aliphatic heterocycles. The number of H-pyrrole nitrogens is 1. The summed E-state index contributed by atoms with van der Waals surface area (Å²) in [6.07, 6.45) is 8.52. The molecule has 1 spiro atoms. The standard InChI is InChI=1S/C21H29N5O/c1-17-4-2-5-19(24-17)13-25-10-3-8-21(14-25)9-6-20(27)26(15-21)11-7-18-12-22-16-23-18/h2,4-5,12,16H,3,6-11,13-15H2,1H3,(H,22,23)/t21-/m0/s1. The number of aromatic amines is 1. The molecule has 0 unspecified atom stereocenters. The number of likely N-dealkylation sites (tertiary alicyclic amines) is 2. The minimum absolute atomic E-state index is 0.240. The third-order valence-electron chi connectivity index (χ3n) is 6.03. The molecule has 4 heterocycles. The predicted octanol–water partition coefficient (Wildman–Crippen LogP) is 2.56. The third-order valence-corrected chi connectivity index (χ3v) is 6.03. The van der Waals surface area contributed by atoms with Crippen LogP contribution in [0.15, 0.2) is 30.7 Å². The Hall–Kier alpha value is -2.21. The molecule has 2 aliphatic rings. The highest BCUT2D eigenvalue weighted by Gasteiger charge is 2.41. The van der Waals surface area contributed by atoms with E-state index in [-0.39, 0.29) is 5.41 Å². The second kappa shape index (κ2) is 7.80. The number of amides is 1. The number of piperidine rings is 2. The smallest absolute Gasteiger partial charge is 0.222 e. The van der Waals surface area contributed by atoms with Crippen LogP contribution in [0.25, 0.3) is 0 Å². The quantitative estimate of drug-likeness (QED) is 0.882. The minimum Gasteiger partial charge on any atom is -0.348 e. The van der Waals surface area contributed by atoms with Crippen LogP contribution in [0.3, 0.4) is 0 Å². The lowest BCUT2D eigenvalue weighted by Crippen LogP contribution is -2.54. The van der Waals surface area contributed by atoms with E-state index < -0.39 is 0 Å². The van der Waals surface area contributed by atoms with Crippen molar-refractivity contribution in [2.24, 2.45) is 5.41 Å². The number of pyridine rings is 1. The zero-order chi connectivity index (χ0) is 18.7. The molecular weight excluding hydrogens is 338 g/mol. The molecule has 6 heteroatoms. The summed E-state index contributed by atoms with van der Waals surface area (Å²) in [4.78, 5) is 29.0. The van der Waals surface area contributed by atoms with Gasteiger partial charge in [-0.1, -0.05) is 6.07 Å².